The molecule has 134 valence electrons. The molecule has 1 aliphatic carbocycles. The van der Waals surface area contributed by atoms with Crippen molar-refractivity contribution in [3.05, 3.63) is 59.8 Å². The van der Waals surface area contributed by atoms with Gasteiger partial charge in [0.15, 0.2) is 0 Å². The molecule has 0 spiro atoms. The molecule has 0 fully saturated rings. The predicted octanol–water partition coefficient (Wildman–Crippen LogP) is 2.57. The molecule has 2 aromatic carbocycles. The van der Waals surface area contributed by atoms with E-state index in [0.717, 1.165) is 16.6 Å². The highest BCUT2D eigenvalue weighted by molar-refractivity contribution is 7.89. The number of nitrogens with one attached hydrogen (secondary N) is 3. The number of para-hydroxylation sites is 1. The lowest BCUT2D eigenvalue weighted by atomic mass is 10.1. The van der Waals surface area contributed by atoms with Gasteiger partial charge in [0.25, 0.3) is 0 Å². The number of H-pyrrole nitrogens is 1. The van der Waals surface area contributed by atoms with Gasteiger partial charge < -0.3 is 10.3 Å². The number of carbonyl (C=O) groups is 1. The van der Waals surface area contributed by atoms with Crippen LogP contribution in [0.15, 0.2) is 53.4 Å². The number of amides is 1. The molecular formula is C19H19N3O3S. The third-order valence-corrected chi connectivity index (χ3v) is 6.15. The molecule has 1 amide bonds. The van der Waals surface area contributed by atoms with Gasteiger partial charge in [0, 0.05) is 41.7 Å². The number of aromatic amines is 1. The van der Waals surface area contributed by atoms with Gasteiger partial charge in [0.1, 0.15) is 0 Å². The van der Waals surface area contributed by atoms with Crippen molar-refractivity contribution >= 4 is 32.5 Å². The first kappa shape index (κ1) is 16.8. The van der Waals surface area contributed by atoms with Crippen LogP contribution in [0.5, 0.6) is 0 Å². The third kappa shape index (κ3) is 3.11. The SMILES string of the molecule is CC(=O)Nc1ccc(S(=O)(=O)NC2Cc3[nH]c4ccccc4c3C2)cc1. The average Bonchev–Trinajstić information content (AvgIpc) is 3.11. The van der Waals surface area contributed by atoms with Crippen LogP contribution in [-0.2, 0) is 27.7 Å². The second-order valence-electron chi connectivity index (χ2n) is 6.56. The minimum atomic E-state index is -3.61. The fourth-order valence-corrected chi connectivity index (χ4v) is 4.76. The van der Waals surface area contributed by atoms with Crippen molar-refractivity contribution in [1.82, 2.24) is 9.71 Å². The predicted molar refractivity (Wildman–Crippen MR) is 101 cm³/mol. The zero-order valence-electron chi connectivity index (χ0n) is 14.2. The Bertz CT molecular complexity index is 1080. The monoisotopic (exact) mass is 369 g/mol. The Labute approximate surface area is 151 Å². The van der Waals surface area contributed by atoms with Crippen molar-refractivity contribution in [2.24, 2.45) is 0 Å². The number of carbonyl (C=O) groups excluding carboxylic acids is 1. The van der Waals surface area contributed by atoms with E-state index in [4.69, 9.17) is 0 Å². The summed E-state index contributed by atoms with van der Waals surface area (Å²) in [5, 5.41) is 3.78. The first-order valence-corrected chi connectivity index (χ1v) is 9.89. The molecule has 1 atom stereocenters. The molecule has 3 aromatic rings. The highest BCUT2D eigenvalue weighted by Crippen LogP contribution is 2.30. The number of benzene rings is 2. The zero-order valence-corrected chi connectivity index (χ0v) is 15.1. The van der Waals surface area contributed by atoms with Crippen LogP contribution in [0.1, 0.15) is 18.2 Å². The highest BCUT2D eigenvalue weighted by Gasteiger charge is 2.29. The lowest BCUT2D eigenvalue weighted by molar-refractivity contribution is -0.114. The normalized spacial score (nSPS) is 16.6. The number of anilines is 1. The first-order valence-electron chi connectivity index (χ1n) is 8.41. The van der Waals surface area contributed by atoms with E-state index in [2.05, 4.69) is 21.1 Å². The molecule has 1 heterocycles. The first-order chi connectivity index (χ1) is 12.4. The molecule has 1 aromatic heterocycles. The summed E-state index contributed by atoms with van der Waals surface area (Å²) < 4.78 is 28.1. The molecule has 0 aliphatic heterocycles. The van der Waals surface area contributed by atoms with Crippen LogP contribution >= 0.6 is 0 Å². The van der Waals surface area contributed by atoms with Gasteiger partial charge in [-0.3, -0.25) is 4.79 Å². The number of hydrogen-bond acceptors (Lipinski definition) is 3. The quantitative estimate of drug-likeness (QED) is 0.660. The summed E-state index contributed by atoms with van der Waals surface area (Å²) in [4.78, 5) is 14.6. The van der Waals surface area contributed by atoms with Crippen LogP contribution in [0.3, 0.4) is 0 Å². The fraction of sp³-hybridized carbons (Fsp3) is 0.211. The summed E-state index contributed by atoms with van der Waals surface area (Å²) in [7, 11) is -3.61. The summed E-state index contributed by atoms with van der Waals surface area (Å²) in [6.45, 7) is 1.41. The number of aromatic nitrogens is 1. The van der Waals surface area contributed by atoms with Crippen molar-refractivity contribution in [3.63, 3.8) is 0 Å². The second-order valence-corrected chi connectivity index (χ2v) is 8.27. The van der Waals surface area contributed by atoms with Gasteiger partial charge in [-0.1, -0.05) is 18.2 Å². The fourth-order valence-electron chi connectivity index (χ4n) is 3.52. The van der Waals surface area contributed by atoms with Crippen molar-refractivity contribution in [3.8, 4) is 0 Å². The topological polar surface area (TPSA) is 91.1 Å². The Morgan fingerprint density at radius 2 is 1.81 bits per heavy atom. The number of rotatable bonds is 4. The Balaban J connectivity index is 1.50. The maximum atomic E-state index is 12.6. The van der Waals surface area contributed by atoms with Crippen molar-refractivity contribution in [1.29, 1.82) is 0 Å². The van der Waals surface area contributed by atoms with Crippen molar-refractivity contribution in [2.75, 3.05) is 5.32 Å². The van der Waals surface area contributed by atoms with E-state index >= 15 is 0 Å². The second kappa shape index (κ2) is 6.26. The Hall–Kier alpha value is -2.64. The molecule has 4 rings (SSSR count). The van der Waals surface area contributed by atoms with E-state index in [1.807, 2.05) is 18.2 Å². The zero-order chi connectivity index (χ0) is 18.3. The van der Waals surface area contributed by atoms with Gasteiger partial charge in [-0.05, 0) is 42.3 Å². The van der Waals surface area contributed by atoms with Crippen molar-refractivity contribution < 1.29 is 13.2 Å². The molecule has 3 N–H and O–H groups in total. The molecular weight excluding hydrogens is 350 g/mol. The van der Waals surface area contributed by atoms with Gasteiger partial charge in [-0.15, -0.1) is 0 Å². The van der Waals surface area contributed by atoms with Gasteiger partial charge in [0.05, 0.1) is 4.90 Å². The number of hydrogen-bond donors (Lipinski definition) is 3. The molecule has 6 nitrogen and oxygen atoms in total. The van der Waals surface area contributed by atoms with Crippen LogP contribution in [0.4, 0.5) is 5.69 Å². The summed E-state index contributed by atoms with van der Waals surface area (Å²) in [6.07, 6.45) is 1.32. The molecule has 1 aliphatic rings. The lowest BCUT2D eigenvalue weighted by Crippen LogP contribution is -2.35. The van der Waals surface area contributed by atoms with Crippen LogP contribution < -0.4 is 10.0 Å². The van der Waals surface area contributed by atoms with Crippen LogP contribution in [0.2, 0.25) is 0 Å². The molecule has 1 unspecified atom stereocenters. The average molecular weight is 369 g/mol. The largest absolute Gasteiger partial charge is 0.358 e. The van der Waals surface area contributed by atoms with E-state index in [9.17, 15) is 13.2 Å². The van der Waals surface area contributed by atoms with Gasteiger partial charge in [-0.2, -0.15) is 0 Å². The smallest absolute Gasteiger partial charge is 0.240 e. The maximum Gasteiger partial charge on any atom is 0.240 e. The summed E-state index contributed by atoms with van der Waals surface area (Å²) >= 11 is 0. The van der Waals surface area contributed by atoms with E-state index in [-0.39, 0.29) is 16.8 Å². The molecule has 0 saturated carbocycles. The molecule has 7 heteroatoms. The Morgan fingerprint density at radius 1 is 1.08 bits per heavy atom. The Morgan fingerprint density at radius 3 is 2.54 bits per heavy atom. The summed E-state index contributed by atoms with van der Waals surface area (Å²) in [5.41, 5.74) is 3.94. The maximum absolute atomic E-state index is 12.6. The summed E-state index contributed by atoms with van der Waals surface area (Å²) in [6, 6.07) is 14.1. The van der Waals surface area contributed by atoms with Gasteiger partial charge >= 0.3 is 0 Å². The van der Waals surface area contributed by atoms with Crippen molar-refractivity contribution in [2.45, 2.75) is 30.7 Å². The van der Waals surface area contributed by atoms with Crippen LogP contribution in [0, 0.1) is 0 Å². The van der Waals surface area contributed by atoms with Crippen LogP contribution in [0.25, 0.3) is 10.9 Å². The van der Waals surface area contributed by atoms with Gasteiger partial charge in [-0.25, -0.2) is 13.1 Å². The third-order valence-electron chi connectivity index (χ3n) is 4.61. The van der Waals surface area contributed by atoms with E-state index in [0.29, 0.717) is 18.5 Å². The van der Waals surface area contributed by atoms with Gasteiger partial charge in [0.2, 0.25) is 15.9 Å². The molecule has 0 radical (unpaired) electrons. The highest BCUT2D eigenvalue weighted by atomic mass is 32.2. The van der Waals surface area contributed by atoms with E-state index in [1.165, 1.54) is 24.6 Å². The lowest BCUT2D eigenvalue weighted by Gasteiger charge is -2.13. The molecule has 26 heavy (non-hydrogen) atoms. The Kier molecular flexibility index (Phi) is 4.05. The van der Waals surface area contributed by atoms with Crippen LogP contribution in [-0.4, -0.2) is 25.4 Å². The number of sulfonamides is 1. The minimum Gasteiger partial charge on any atom is -0.358 e. The van der Waals surface area contributed by atoms with E-state index in [1.54, 1.807) is 12.1 Å². The minimum absolute atomic E-state index is 0.166. The molecule has 0 saturated heterocycles. The van der Waals surface area contributed by atoms with E-state index < -0.39 is 10.0 Å². The summed E-state index contributed by atoms with van der Waals surface area (Å²) in [5.74, 6) is -0.196. The number of fused-ring (bicyclic) bond motifs is 3. The molecule has 0 bridgehead atoms. The standard InChI is InChI=1S/C19H19N3O3S/c1-12(23)20-13-6-8-15(9-7-13)26(24,25)22-14-10-17-16-4-2-3-5-18(16)21-19(17)11-14/h2-9,14,21-22H,10-11H2,1H3,(H,20,23).